The van der Waals surface area contributed by atoms with E-state index in [2.05, 4.69) is 0 Å². The van der Waals surface area contributed by atoms with Gasteiger partial charge in [0.05, 0.1) is 13.7 Å². The van der Waals surface area contributed by atoms with Crippen LogP contribution < -0.4 is 9.47 Å². The molecule has 4 nitrogen and oxygen atoms in total. The Morgan fingerprint density at radius 1 is 1.47 bits per heavy atom. The molecule has 4 heteroatoms. The Labute approximate surface area is 88.4 Å². The molecule has 0 atom stereocenters. The van der Waals surface area contributed by atoms with Crippen molar-refractivity contribution in [2.45, 2.75) is 13.8 Å². The van der Waals surface area contributed by atoms with Gasteiger partial charge in [0.25, 0.3) is 0 Å². The van der Waals surface area contributed by atoms with Crippen LogP contribution in [0.5, 0.6) is 17.2 Å². The highest BCUT2D eigenvalue weighted by atomic mass is 16.5. The van der Waals surface area contributed by atoms with Gasteiger partial charge in [-0.3, -0.25) is 4.79 Å². The van der Waals surface area contributed by atoms with E-state index in [0.29, 0.717) is 18.1 Å². The smallest absolute Gasteiger partial charge is 0.167 e. The summed E-state index contributed by atoms with van der Waals surface area (Å²) in [6.07, 6.45) is 0. The maximum Gasteiger partial charge on any atom is 0.167 e. The molecule has 0 saturated carbocycles. The molecule has 0 spiro atoms. The van der Waals surface area contributed by atoms with Gasteiger partial charge in [-0.15, -0.1) is 0 Å². The fraction of sp³-hybridized carbons (Fsp3) is 0.364. The minimum absolute atomic E-state index is 0.120. The first-order valence-corrected chi connectivity index (χ1v) is 4.64. The maximum atomic E-state index is 11.3. The first-order valence-electron chi connectivity index (χ1n) is 4.64. The molecule has 0 aliphatic carbocycles. The number of hydrogen-bond acceptors (Lipinski definition) is 4. The van der Waals surface area contributed by atoms with Crippen LogP contribution >= 0.6 is 0 Å². The maximum absolute atomic E-state index is 11.3. The molecule has 1 rings (SSSR count). The lowest BCUT2D eigenvalue weighted by molar-refractivity contribution is 0.101. The molecular weight excluding hydrogens is 196 g/mol. The third-order valence-corrected chi connectivity index (χ3v) is 1.94. The highest BCUT2D eigenvalue weighted by molar-refractivity contribution is 5.99. The van der Waals surface area contributed by atoms with Crippen LogP contribution in [0.2, 0.25) is 0 Å². The second kappa shape index (κ2) is 4.68. The van der Waals surface area contributed by atoms with E-state index in [-0.39, 0.29) is 17.1 Å². The van der Waals surface area contributed by atoms with Crippen molar-refractivity contribution in [3.8, 4) is 17.2 Å². The number of carbonyl (C=O) groups is 1. The number of phenols is 1. The lowest BCUT2D eigenvalue weighted by Gasteiger charge is -2.11. The third-order valence-electron chi connectivity index (χ3n) is 1.94. The van der Waals surface area contributed by atoms with Crippen LogP contribution in [0.1, 0.15) is 24.2 Å². The molecular formula is C11H14O4. The van der Waals surface area contributed by atoms with Crippen LogP contribution in [0.3, 0.4) is 0 Å². The van der Waals surface area contributed by atoms with Crippen molar-refractivity contribution in [1.29, 1.82) is 0 Å². The molecule has 82 valence electrons. The Bertz CT molecular complexity index is 371. The summed E-state index contributed by atoms with van der Waals surface area (Å²) in [5.74, 6) is 0.451. The number of benzene rings is 1. The minimum atomic E-state index is -0.237. The highest BCUT2D eigenvalue weighted by Crippen LogP contribution is 2.33. The summed E-state index contributed by atoms with van der Waals surface area (Å²) in [5, 5.41) is 9.62. The zero-order valence-electron chi connectivity index (χ0n) is 9.03. The average Bonchev–Trinajstić information content (AvgIpc) is 2.16. The monoisotopic (exact) mass is 210 g/mol. The first kappa shape index (κ1) is 11.4. The Morgan fingerprint density at radius 3 is 2.60 bits per heavy atom. The topological polar surface area (TPSA) is 55.8 Å². The predicted molar refractivity (Wildman–Crippen MR) is 55.8 cm³/mol. The van der Waals surface area contributed by atoms with Crippen molar-refractivity contribution in [2.75, 3.05) is 13.7 Å². The third kappa shape index (κ3) is 2.40. The summed E-state index contributed by atoms with van der Waals surface area (Å²) in [4.78, 5) is 11.3. The molecule has 0 bridgehead atoms. The number of ether oxygens (including phenoxy) is 2. The number of ketones is 1. The van der Waals surface area contributed by atoms with E-state index in [4.69, 9.17) is 9.47 Å². The zero-order valence-corrected chi connectivity index (χ0v) is 9.03. The van der Waals surface area contributed by atoms with Crippen LogP contribution in [0.15, 0.2) is 12.1 Å². The van der Waals surface area contributed by atoms with Gasteiger partial charge < -0.3 is 14.6 Å². The van der Waals surface area contributed by atoms with E-state index in [1.807, 2.05) is 0 Å². The van der Waals surface area contributed by atoms with Gasteiger partial charge >= 0.3 is 0 Å². The summed E-state index contributed by atoms with van der Waals surface area (Å²) in [7, 11) is 1.48. The van der Waals surface area contributed by atoms with Gasteiger partial charge in [0.2, 0.25) is 0 Å². The van der Waals surface area contributed by atoms with Gasteiger partial charge in [0, 0.05) is 12.1 Å². The number of methoxy groups -OCH3 is 1. The number of aromatic hydroxyl groups is 1. The second-order valence-electron chi connectivity index (χ2n) is 3.01. The van der Waals surface area contributed by atoms with Crippen LogP contribution in [-0.4, -0.2) is 24.6 Å². The van der Waals surface area contributed by atoms with Gasteiger partial charge in [-0.25, -0.2) is 0 Å². The molecule has 1 aromatic rings. The molecule has 0 aliphatic rings. The van der Waals surface area contributed by atoms with Gasteiger partial charge in [0.1, 0.15) is 22.8 Å². The van der Waals surface area contributed by atoms with E-state index >= 15 is 0 Å². The molecule has 0 aromatic heterocycles. The number of phenolic OH excluding ortho intramolecular Hbond substituents is 1. The van der Waals surface area contributed by atoms with Crippen molar-refractivity contribution in [3.05, 3.63) is 17.7 Å². The summed E-state index contributed by atoms with van der Waals surface area (Å²) in [5.41, 5.74) is 0.192. The molecule has 0 unspecified atom stereocenters. The molecule has 1 aromatic carbocycles. The summed E-state index contributed by atoms with van der Waals surface area (Å²) in [6, 6.07) is 2.97. The van der Waals surface area contributed by atoms with Gasteiger partial charge in [-0.1, -0.05) is 0 Å². The number of rotatable bonds is 4. The summed E-state index contributed by atoms with van der Waals surface area (Å²) < 4.78 is 10.2. The van der Waals surface area contributed by atoms with Crippen LogP contribution in [0.4, 0.5) is 0 Å². The number of carbonyl (C=O) groups excluding carboxylic acids is 1. The standard InChI is InChI=1S/C11H14O4/c1-4-15-10-6-8(14-3)5-9(13)11(10)7(2)12/h5-6,13H,4H2,1-3H3. The molecule has 0 fully saturated rings. The van der Waals surface area contributed by atoms with Crippen molar-refractivity contribution >= 4 is 5.78 Å². The number of Topliss-reactive ketones (excluding diaryl/α,β-unsaturated/α-hetero) is 1. The fourth-order valence-electron chi connectivity index (χ4n) is 1.32. The Morgan fingerprint density at radius 2 is 2.13 bits per heavy atom. The van der Waals surface area contributed by atoms with Crippen LogP contribution in [-0.2, 0) is 0 Å². The summed E-state index contributed by atoms with van der Waals surface area (Å²) >= 11 is 0. The molecule has 0 radical (unpaired) electrons. The van der Waals surface area contributed by atoms with Crippen molar-refractivity contribution in [2.24, 2.45) is 0 Å². The minimum Gasteiger partial charge on any atom is -0.507 e. The zero-order chi connectivity index (χ0) is 11.4. The normalized spacial score (nSPS) is 9.80. The van der Waals surface area contributed by atoms with E-state index in [9.17, 15) is 9.90 Å². The van der Waals surface area contributed by atoms with Crippen molar-refractivity contribution < 1.29 is 19.4 Å². The van der Waals surface area contributed by atoms with Gasteiger partial charge in [-0.05, 0) is 13.8 Å². The number of hydrogen-bond donors (Lipinski definition) is 1. The Balaban J connectivity index is 3.28. The van der Waals surface area contributed by atoms with E-state index in [1.165, 1.54) is 20.1 Å². The molecule has 1 N–H and O–H groups in total. The Hall–Kier alpha value is -1.71. The van der Waals surface area contributed by atoms with Gasteiger partial charge in [-0.2, -0.15) is 0 Å². The molecule has 0 heterocycles. The lowest BCUT2D eigenvalue weighted by Crippen LogP contribution is -2.01. The predicted octanol–water partition coefficient (Wildman–Crippen LogP) is 2.00. The van der Waals surface area contributed by atoms with Crippen LogP contribution in [0, 0.1) is 0 Å². The highest BCUT2D eigenvalue weighted by Gasteiger charge is 2.15. The summed E-state index contributed by atoms with van der Waals surface area (Å²) in [6.45, 7) is 3.61. The average molecular weight is 210 g/mol. The van der Waals surface area contributed by atoms with Crippen LogP contribution in [0.25, 0.3) is 0 Å². The van der Waals surface area contributed by atoms with E-state index < -0.39 is 0 Å². The molecule has 15 heavy (non-hydrogen) atoms. The molecule has 0 saturated heterocycles. The largest absolute Gasteiger partial charge is 0.507 e. The molecule has 0 amide bonds. The first-order chi connectivity index (χ1) is 7.10. The fourth-order valence-corrected chi connectivity index (χ4v) is 1.32. The SMILES string of the molecule is CCOc1cc(OC)cc(O)c1C(C)=O. The van der Waals surface area contributed by atoms with E-state index in [0.717, 1.165) is 0 Å². The lowest BCUT2D eigenvalue weighted by atomic mass is 10.1. The molecule has 0 aliphatic heterocycles. The van der Waals surface area contributed by atoms with Gasteiger partial charge in [0.15, 0.2) is 5.78 Å². The van der Waals surface area contributed by atoms with Crippen molar-refractivity contribution in [3.63, 3.8) is 0 Å². The van der Waals surface area contributed by atoms with Crippen molar-refractivity contribution in [1.82, 2.24) is 0 Å². The Kier molecular flexibility index (Phi) is 3.55. The van der Waals surface area contributed by atoms with E-state index in [1.54, 1.807) is 13.0 Å². The second-order valence-corrected chi connectivity index (χ2v) is 3.01. The quantitative estimate of drug-likeness (QED) is 0.772.